The Morgan fingerprint density at radius 1 is 1.03 bits per heavy atom. The van der Waals surface area contributed by atoms with Crippen molar-refractivity contribution in [2.45, 2.75) is 32.6 Å². The molecular formula is C23H29N5O3S. The minimum absolute atomic E-state index is 0.0538. The third-order valence-electron chi connectivity index (χ3n) is 6.10. The number of Topliss-reactive ketones (excluding diaryl/α,β-unsaturated/α-hetero) is 1. The van der Waals surface area contributed by atoms with Crippen LogP contribution < -0.4 is 0 Å². The summed E-state index contributed by atoms with van der Waals surface area (Å²) < 4.78 is 29.7. The van der Waals surface area contributed by atoms with Gasteiger partial charge in [0, 0.05) is 48.8 Å². The number of hydrogen-bond donors (Lipinski definition) is 1. The molecule has 4 rings (SSSR count). The lowest BCUT2D eigenvalue weighted by Crippen LogP contribution is -2.49. The number of ketones is 1. The molecule has 0 radical (unpaired) electrons. The number of hydrogen-bond acceptors (Lipinski definition) is 5. The molecule has 3 aromatic rings. The number of nitrogens with zero attached hydrogens (tertiary/aromatic N) is 4. The van der Waals surface area contributed by atoms with Gasteiger partial charge in [0.25, 0.3) is 0 Å². The first kappa shape index (κ1) is 22.4. The standard InChI is InChI=1S/C23H29N5O3S/c1-16-14-21(19(4)28(16)20-8-6-5-7-9-20)22(29)15-26-10-12-27(13-11-26)32(30,31)23-17(2)24-25-18(23)3/h5-9,14H,10-13,15H2,1-4H3,(H,24,25). The highest BCUT2D eigenvalue weighted by Gasteiger charge is 2.32. The van der Waals surface area contributed by atoms with Gasteiger partial charge in [0.1, 0.15) is 4.90 Å². The molecule has 3 heterocycles. The molecule has 32 heavy (non-hydrogen) atoms. The van der Waals surface area contributed by atoms with Gasteiger partial charge in [-0.25, -0.2) is 8.42 Å². The summed E-state index contributed by atoms with van der Waals surface area (Å²) in [5, 5.41) is 6.76. The number of nitrogens with one attached hydrogen (secondary N) is 1. The number of carbonyl (C=O) groups excluding carboxylic acids is 1. The van der Waals surface area contributed by atoms with E-state index in [0.717, 1.165) is 17.1 Å². The summed E-state index contributed by atoms with van der Waals surface area (Å²) in [6, 6.07) is 11.9. The summed E-state index contributed by atoms with van der Waals surface area (Å²) in [5.41, 5.74) is 4.71. The van der Waals surface area contributed by atoms with Crippen LogP contribution in [0.3, 0.4) is 0 Å². The second-order valence-electron chi connectivity index (χ2n) is 8.32. The van der Waals surface area contributed by atoms with Gasteiger partial charge in [-0.1, -0.05) is 18.2 Å². The van der Waals surface area contributed by atoms with E-state index < -0.39 is 10.0 Å². The molecule has 1 saturated heterocycles. The number of aromatic amines is 1. The van der Waals surface area contributed by atoms with Crippen molar-refractivity contribution in [2.24, 2.45) is 0 Å². The van der Waals surface area contributed by atoms with Crippen LogP contribution in [-0.2, 0) is 10.0 Å². The Hall–Kier alpha value is -2.75. The fourth-order valence-electron chi connectivity index (χ4n) is 4.49. The molecule has 0 bridgehead atoms. The molecule has 1 aliphatic rings. The van der Waals surface area contributed by atoms with Gasteiger partial charge < -0.3 is 4.57 Å². The number of H-pyrrole nitrogens is 1. The predicted molar refractivity (Wildman–Crippen MR) is 123 cm³/mol. The number of para-hydroxylation sites is 1. The van der Waals surface area contributed by atoms with E-state index in [1.165, 1.54) is 4.31 Å². The third kappa shape index (κ3) is 4.03. The molecule has 0 aliphatic carbocycles. The minimum Gasteiger partial charge on any atom is -0.318 e. The average molecular weight is 456 g/mol. The van der Waals surface area contributed by atoms with Crippen molar-refractivity contribution in [3.63, 3.8) is 0 Å². The molecule has 1 aromatic carbocycles. The quantitative estimate of drug-likeness (QED) is 0.577. The molecule has 1 aliphatic heterocycles. The van der Waals surface area contributed by atoms with E-state index in [-0.39, 0.29) is 17.2 Å². The highest BCUT2D eigenvalue weighted by Crippen LogP contribution is 2.24. The molecule has 1 N–H and O–H groups in total. The zero-order valence-electron chi connectivity index (χ0n) is 18.9. The third-order valence-corrected chi connectivity index (χ3v) is 8.27. The van der Waals surface area contributed by atoms with Gasteiger partial charge in [0.05, 0.1) is 17.9 Å². The van der Waals surface area contributed by atoms with Gasteiger partial charge in [-0.2, -0.15) is 9.40 Å². The molecular weight excluding hydrogens is 426 g/mol. The number of carbonyl (C=O) groups is 1. The maximum absolute atomic E-state index is 13.1. The van der Waals surface area contributed by atoms with Gasteiger partial charge >= 0.3 is 0 Å². The van der Waals surface area contributed by atoms with E-state index in [9.17, 15) is 13.2 Å². The van der Waals surface area contributed by atoms with Crippen molar-refractivity contribution < 1.29 is 13.2 Å². The topological polar surface area (TPSA) is 91.3 Å². The maximum Gasteiger partial charge on any atom is 0.246 e. The highest BCUT2D eigenvalue weighted by atomic mass is 32.2. The Bertz CT molecular complexity index is 1220. The summed E-state index contributed by atoms with van der Waals surface area (Å²) >= 11 is 0. The SMILES string of the molecule is Cc1n[nH]c(C)c1S(=O)(=O)N1CCN(CC(=O)c2cc(C)n(-c3ccccc3)c2C)CC1. The lowest BCUT2D eigenvalue weighted by Gasteiger charge is -2.33. The highest BCUT2D eigenvalue weighted by molar-refractivity contribution is 7.89. The first-order valence-corrected chi connectivity index (χ1v) is 12.2. The number of aromatic nitrogens is 3. The molecule has 0 amide bonds. The van der Waals surface area contributed by atoms with Crippen LogP contribution in [0, 0.1) is 27.7 Å². The van der Waals surface area contributed by atoms with Crippen molar-refractivity contribution in [3.8, 4) is 5.69 Å². The summed E-state index contributed by atoms with van der Waals surface area (Å²) in [6.07, 6.45) is 0. The number of piperazine rings is 1. The number of aryl methyl sites for hydroxylation is 3. The molecule has 9 heteroatoms. The van der Waals surface area contributed by atoms with Crippen LogP contribution in [0.4, 0.5) is 0 Å². The number of rotatable bonds is 6. The molecule has 0 unspecified atom stereocenters. The Labute approximate surface area is 188 Å². The fraction of sp³-hybridized carbons (Fsp3) is 0.391. The first-order valence-electron chi connectivity index (χ1n) is 10.7. The normalized spacial score (nSPS) is 15.9. The fourth-order valence-corrected chi connectivity index (χ4v) is 6.24. The average Bonchev–Trinajstić information content (AvgIpc) is 3.26. The summed E-state index contributed by atoms with van der Waals surface area (Å²) in [5.74, 6) is 0.0538. The van der Waals surface area contributed by atoms with Crippen LogP contribution in [0.5, 0.6) is 0 Å². The van der Waals surface area contributed by atoms with Crippen molar-refractivity contribution in [1.82, 2.24) is 24.0 Å². The number of benzene rings is 1. The molecule has 8 nitrogen and oxygen atoms in total. The molecule has 2 aromatic heterocycles. The Balaban J connectivity index is 1.44. The van der Waals surface area contributed by atoms with Gasteiger partial charge in [0.15, 0.2) is 5.78 Å². The molecule has 0 spiro atoms. The van der Waals surface area contributed by atoms with Gasteiger partial charge in [-0.3, -0.25) is 14.8 Å². The number of sulfonamides is 1. The molecule has 170 valence electrons. The van der Waals surface area contributed by atoms with E-state index in [1.807, 2.05) is 55.1 Å². The maximum atomic E-state index is 13.1. The van der Waals surface area contributed by atoms with Crippen molar-refractivity contribution in [3.05, 3.63) is 64.7 Å². The van der Waals surface area contributed by atoms with Crippen molar-refractivity contribution >= 4 is 15.8 Å². The van der Waals surface area contributed by atoms with Gasteiger partial charge in [-0.15, -0.1) is 0 Å². The smallest absolute Gasteiger partial charge is 0.246 e. The lowest BCUT2D eigenvalue weighted by molar-refractivity contribution is 0.0901. The van der Waals surface area contributed by atoms with E-state index in [2.05, 4.69) is 14.8 Å². The van der Waals surface area contributed by atoms with Crippen LogP contribution in [0.25, 0.3) is 5.69 Å². The molecule has 1 fully saturated rings. The Morgan fingerprint density at radius 2 is 1.69 bits per heavy atom. The summed E-state index contributed by atoms with van der Waals surface area (Å²) in [4.78, 5) is 15.4. The van der Waals surface area contributed by atoms with Crippen LogP contribution in [-0.4, -0.2) is 70.9 Å². The first-order chi connectivity index (χ1) is 15.2. The van der Waals surface area contributed by atoms with Crippen LogP contribution in [0.2, 0.25) is 0 Å². The monoisotopic (exact) mass is 455 g/mol. The zero-order chi connectivity index (χ0) is 23.0. The van der Waals surface area contributed by atoms with E-state index >= 15 is 0 Å². The van der Waals surface area contributed by atoms with E-state index in [4.69, 9.17) is 0 Å². The lowest BCUT2D eigenvalue weighted by atomic mass is 10.1. The zero-order valence-corrected chi connectivity index (χ0v) is 19.7. The van der Waals surface area contributed by atoms with E-state index in [0.29, 0.717) is 43.1 Å². The summed E-state index contributed by atoms with van der Waals surface area (Å²) in [6.45, 7) is 9.37. The predicted octanol–water partition coefficient (Wildman–Crippen LogP) is 2.62. The van der Waals surface area contributed by atoms with Crippen LogP contribution in [0.1, 0.15) is 33.1 Å². The summed E-state index contributed by atoms with van der Waals surface area (Å²) in [7, 11) is -3.60. The second-order valence-corrected chi connectivity index (χ2v) is 10.2. The van der Waals surface area contributed by atoms with Crippen LogP contribution >= 0.6 is 0 Å². The van der Waals surface area contributed by atoms with Crippen molar-refractivity contribution in [2.75, 3.05) is 32.7 Å². The molecule has 0 saturated carbocycles. The second kappa shape index (κ2) is 8.65. The van der Waals surface area contributed by atoms with Gasteiger partial charge in [-0.05, 0) is 45.9 Å². The Morgan fingerprint density at radius 3 is 2.28 bits per heavy atom. The molecule has 0 atom stereocenters. The van der Waals surface area contributed by atoms with E-state index in [1.54, 1.807) is 13.8 Å². The Kier molecular flexibility index (Phi) is 6.07. The van der Waals surface area contributed by atoms with Gasteiger partial charge in [0.2, 0.25) is 10.0 Å². The minimum atomic E-state index is -3.60. The van der Waals surface area contributed by atoms with Crippen molar-refractivity contribution in [1.29, 1.82) is 0 Å². The van der Waals surface area contributed by atoms with Crippen LogP contribution in [0.15, 0.2) is 41.3 Å². The largest absolute Gasteiger partial charge is 0.318 e.